The zero-order valence-electron chi connectivity index (χ0n) is 29.5. The number of hydrogen-bond donors (Lipinski definition) is 0. The summed E-state index contributed by atoms with van der Waals surface area (Å²) in [5, 5.41) is 17.0. The molecule has 254 valence electrons. The second kappa shape index (κ2) is 11.8. The lowest BCUT2D eigenvalue weighted by Crippen LogP contribution is -1.97. The molecule has 0 fully saturated rings. The third kappa shape index (κ3) is 4.45. The third-order valence-corrected chi connectivity index (χ3v) is 11.1. The zero-order valence-corrected chi connectivity index (χ0v) is 29.5. The van der Waals surface area contributed by atoms with E-state index in [2.05, 4.69) is 158 Å². The number of rotatable bonds is 4. The van der Waals surface area contributed by atoms with E-state index in [1.807, 2.05) is 42.5 Å². The molecule has 5 nitrogen and oxygen atoms in total. The van der Waals surface area contributed by atoms with Crippen molar-refractivity contribution in [2.75, 3.05) is 0 Å². The third-order valence-electron chi connectivity index (χ3n) is 11.1. The van der Waals surface area contributed by atoms with Crippen LogP contribution in [0.2, 0.25) is 0 Å². The van der Waals surface area contributed by atoms with Crippen LogP contribution in [-0.4, -0.2) is 13.7 Å². The Balaban J connectivity index is 1.02. The highest BCUT2D eigenvalue weighted by Crippen LogP contribution is 2.40. The molecule has 0 amide bonds. The molecule has 0 saturated heterocycles. The van der Waals surface area contributed by atoms with Gasteiger partial charge in [-0.1, -0.05) is 103 Å². The molecular weight excluding hydrogens is 671 g/mol. The number of aromatic nitrogens is 3. The number of nitrogens with zero attached hydrogens (tertiary/aromatic N) is 5. The van der Waals surface area contributed by atoms with Gasteiger partial charge in [0, 0.05) is 43.7 Å². The van der Waals surface area contributed by atoms with Gasteiger partial charge in [0.15, 0.2) is 0 Å². The standard InChI is InChI=1S/C50H29N5/c1-52-43-29-33(23-27-49(43)55-47-20-9-4-14-39(47)41-16-10-11-34(31-51)50(41)55)32-21-24-35(25-22-32)53-46-19-8-5-15-40(46)42-30-36(26-28-48(42)53)54-44-17-6-2-12-37(44)38-13-3-7-18-45(38)54/h2-30H. The van der Waals surface area contributed by atoms with Crippen molar-refractivity contribution in [3.05, 3.63) is 193 Å². The van der Waals surface area contributed by atoms with Crippen LogP contribution >= 0.6 is 0 Å². The first-order chi connectivity index (χ1) is 27.2. The van der Waals surface area contributed by atoms with E-state index >= 15 is 0 Å². The van der Waals surface area contributed by atoms with Gasteiger partial charge in [0.1, 0.15) is 6.07 Å². The van der Waals surface area contributed by atoms with Crippen LogP contribution < -0.4 is 0 Å². The SMILES string of the molecule is [C-]#[N+]c1cc(-c2ccc(-n3c4ccccc4c4cc(-n5c6ccccc6c6ccccc65)ccc43)cc2)ccc1-n1c2ccccc2c2cccc(C#N)c21. The van der Waals surface area contributed by atoms with Crippen molar-refractivity contribution in [3.8, 4) is 34.3 Å². The van der Waals surface area contributed by atoms with Gasteiger partial charge >= 0.3 is 0 Å². The molecule has 0 bridgehead atoms. The summed E-state index contributed by atoms with van der Waals surface area (Å²) in [5.41, 5.74) is 12.5. The Morgan fingerprint density at radius 1 is 0.418 bits per heavy atom. The molecule has 55 heavy (non-hydrogen) atoms. The van der Waals surface area contributed by atoms with Gasteiger partial charge in [0.2, 0.25) is 5.69 Å². The minimum Gasteiger partial charge on any atom is -0.318 e. The first kappa shape index (κ1) is 30.7. The molecule has 0 aliphatic carbocycles. The molecule has 0 aliphatic rings. The van der Waals surface area contributed by atoms with E-state index in [1.54, 1.807) is 0 Å². The number of para-hydroxylation sites is 5. The highest BCUT2D eigenvalue weighted by molar-refractivity contribution is 6.13. The fourth-order valence-electron chi connectivity index (χ4n) is 8.72. The van der Waals surface area contributed by atoms with Crippen LogP contribution in [0.15, 0.2) is 176 Å². The van der Waals surface area contributed by atoms with Crippen LogP contribution in [0.5, 0.6) is 0 Å². The van der Waals surface area contributed by atoms with Crippen molar-refractivity contribution in [2.45, 2.75) is 0 Å². The van der Waals surface area contributed by atoms with Gasteiger partial charge in [-0.25, -0.2) is 4.85 Å². The molecular formula is C50H29N5. The number of hydrogen-bond acceptors (Lipinski definition) is 1. The monoisotopic (exact) mass is 699 g/mol. The van der Waals surface area contributed by atoms with E-state index in [9.17, 15) is 5.26 Å². The van der Waals surface area contributed by atoms with Crippen LogP contribution in [-0.2, 0) is 0 Å². The van der Waals surface area contributed by atoms with E-state index in [0.717, 1.165) is 61.0 Å². The van der Waals surface area contributed by atoms with Crippen LogP contribution in [0.4, 0.5) is 5.69 Å². The van der Waals surface area contributed by atoms with Gasteiger partial charge in [-0.05, 0) is 83.9 Å². The summed E-state index contributed by atoms with van der Waals surface area (Å²) in [6.45, 7) is 8.22. The lowest BCUT2D eigenvalue weighted by Gasteiger charge is -2.13. The average molecular weight is 700 g/mol. The van der Waals surface area contributed by atoms with Crippen LogP contribution in [0.1, 0.15) is 5.56 Å². The Kier molecular flexibility index (Phi) is 6.61. The van der Waals surface area contributed by atoms with E-state index in [1.165, 1.54) is 32.6 Å². The summed E-state index contributed by atoms with van der Waals surface area (Å²) in [6.07, 6.45) is 0. The van der Waals surface area contributed by atoms with Crippen molar-refractivity contribution in [3.63, 3.8) is 0 Å². The zero-order chi connectivity index (χ0) is 36.6. The van der Waals surface area contributed by atoms with Crippen molar-refractivity contribution >= 4 is 71.1 Å². The molecule has 3 aromatic heterocycles. The molecule has 11 aromatic rings. The fourth-order valence-corrected chi connectivity index (χ4v) is 8.72. The summed E-state index contributed by atoms with van der Waals surface area (Å²) in [7, 11) is 0. The number of nitriles is 1. The average Bonchev–Trinajstić information content (AvgIpc) is 3.89. The first-order valence-corrected chi connectivity index (χ1v) is 18.3. The predicted molar refractivity (Wildman–Crippen MR) is 226 cm³/mol. The second-order valence-corrected chi connectivity index (χ2v) is 14.0. The van der Waals surface area contributed by atoms with Crippen LogP contribution in [0.25, 0.3) is 98.5 Å². The maximum absolute atomic E-state index is 10.1. The molecule has 0 spiro atoms. The maximum atomic E-state index is 10.1. The van der Waals surface area contributed by atoms with Crippen molar-refractivity contribution in [1.82, 2.24) is 13.7 Å². The van der Waals surface area contributed by atoms with Crippen molar-refractivity contribution < 1.29 is 0 Å². The topological polar surface area (TPSA) is 42.9 Å². The molecule has 0 aliphatic heterocycles. The molecule has 11 rings (SSSR count). The largest absolute Gasteiger partial charge is 0.318 e. The summed E-state index contributed by atoms with van der Waals surface area (Å²) in [5.74, 6) is 0. The van der Waals surface area contributed by atoms with Gasteiger partial charge in [0.25, 0.3) is 0 Å². The molecule has 8 aromatic carbocycles. The normalized spacial score (nSPS) is 11.6. The molecule has 0 atom stereocenters. The minimum atomic E-state index is 0.526. The summed E-state index contributed by atoms with van der Waals surface area (Å²) in [4.78, 5) is 4.01. The Morgan fingerprint density at radius 2 is 0.909 bits per heavy atom. The Morgan fingerprint density at radius 3 is 1.53 bits per heavy atom. The molecule has 3 heterocycles. The molecule has 0 radical (unpaired) electrons. The summed E-state index contributed by atoms with van der Waals surface area (Å²) in [6, 6.07) is 63.6. The quantitative estimate of drug-likeness (QED) is 0.169. The lowest BCUT2D eigenvalue weighted by molar-refractivity contribution is 1.16. The molecule has 5 heteroatoms. The molecule has 0 unspecified atom stereocenters. The van der Waals surface area contributed by atoms with E-state index in [0.29, 0.717) is 11.3 Å². The van der Waals surface area contributed by atoms with E-state index < -0.39 is 0 Å². The molecule has 0 saturated carbocycles. The molecule has 0 N–H and O–H groups in total. The number of fused-ring (bicyclic) bond motifs is 9. The van der Waals surface area contributed by atoms with E-state index in [-0.39, 0.29) is 0 Å². The predicted octanol–water partition coefficient (Wildman–Crippen LogP) is 13.1. The van der Waals surface area contributed by atoms with E-state index in [4.69, 9.17) is 6.57 Å². The summed E-state index contributed by atoms with van der Waals surface area (Å²) < 4.78 is 6.78. The van der Waals surface area contributed by atoms with Crippen LogP contribution in [0, 0.1) is 17.9 Å². The fraction of sp³-hybridized carbons (Fsp3) is 0. The highest BCUT2D eigenvalue weighted by Gasteiger charge is 2.19. The first-order valence-electron chi connectivity index (χ1n) is 18.3. The van der Waals surface area contributed by atoms with Gasteiger partial charge in [-0.2, -0.15) is 5.26 Å². The Hall–Kier alpha value is -7.86. The van der Waals surface area contributed by atoms with Crippen molar-refractivity contribution in [1.29, 1.82) is 5.26 Å². The minimum absolute atomic E-state index is 0.526. The lowest BCUT2D eigenvalue weighted by atomic mass is 10.0. The second-order valence-electron chi connectivity index (χ2n) is 14.0. The summed E-state index contributed by atoms with van der Waals surface area (Å²) >= 11 is 0. The van der Waals surface area contributed by atoms with Gasteiger partial charge < -0.3 is 13.7 Å². The highest BCUT2D eigenvalue weighted by atomic mass is 15.0. The van der Waals surface area contributed by atoms with Gasteiger partial charge in [0.05, 0.1) is 50.9 Å². The van der Waals surface area contributed by atoms with Crippen LogP contribution in [0.3, 0.4) is 0 Å². The smallest absolute Gasteiger partial charge is 0.211 e. The van der Waals surface area contributed by atoms with Gasteiger partial charge in [-0.3, -0.25) is 0 Å². The number of benzene rings is 8. The Bertz CT molecular complexity index is 3400. The Labute approximate surface area is 316 Å². The van der Waals surface area contributed by atoms with Gasteiger partial charge in [-0.15, -0.1) is 0 Å². The maximum Gasteiger partial charge on any atom is 0.211 e. The van der Waals surface area contributed by atoms with Crippen molar-refractivity contribution in [2.24, 2.45) is 0 Å².